The summed E-state index contributed by atoms with van der Waals surface area (Å²) in [5, 5.41) is 3.16. The summed E-state index contributed by atoms with van der Waals surface area (Å²) >= 11 is 4.50. The molecule has 8 nitrogen and oxygen atoms in total. The third-order valence-corrected chi connectivity index (χ3v) is 9.73. The number of hydrogen-bond acceptors (Lipinski definition) is 6. The first-order chi connectivity index (χ1) is 22.1. The number of carbonyl (C=O) groups is 2. The molecule has 0 radical (unpaired) electrons. The number of amides is 2. The third-order valence-electron chi connectivity index (χ3n) is 7.80. The fourth-order valence-corrected chi connectivity index (χ4v) is 7.09. The van der Waals surface area contributed by atoms with Crippen LogP contribution < -0.4 is 10.0 Å². The van der Waals surface area contributed by atoms with E-state index in [4.69, 9.17) is 4.98 Å². The van der Waals surface area contributed by atoms with E-state index in [9.17, 15) is 18.0 Å². The van der Waals surface area contributed by atoms with E-state index in [-0.39, 0.29) is 16.8 Å². The lowest BCUT2D eigenvalue weighted by Gasteiger charge is -2.17. The predicted octanol–water partition coefficient (Wildman–Crippen LogP) is 6.11. The quantitative estimate of drug-likeness (QED) is 0.141. The van der Waals surface area contributed by atoms with Crippen LogP contribution in [0.1, 0.15) is 53.1 Å². The van der Waals surface area contributed by atoms with Crippen molar-refractivity contribution in [2.75, 3.05) is 5.75 Å². The van der Waals surface area contributed by atoms with Crippen molar-refractivity contribution in [2.45, 2.75) is 57.5 Å². The number of carbonyl (C=O) groups excluding carboxylic acids is 2. The van der Waals surface area contributed by atoms with E-state index < -0.39 is 15.9 Å². The van der Waals surface area contributed by atoms with Gasteiger partial charge in [-0.1, -0.05) is 79.7 Å². The van der Waals surface area contributed by atoms with Gasteiger partial charge in [0.1, 0.15) is 5.82 Å². The first-order valence-corrected chi connectivity index (χ1v) is 17.4. The molecule has 0 saturated carbocycles. The minimum Gasteiger partial charge on any atom is -0.348 e. The summed E-state index contributed by atoms with van der Waals surface area (Å²) in [7, 11) is -4.02. The van der Waals surface area contributed by atoms with Crippen LogP contribution >= 0.6 is 12.6 Å². The van der Waals surface area contributed by atoms with Crippen LogP contribution in [0.4, 0.5) is 0 Å². The van der Waals surface area contributed by atoms with Gasteiger partial charge in [-0.25, -0.2) is 18.1 Å². The van der Waals surface area contributed by atoms with Crippen LogP contribution in [0.5, 0.6) is 0 Å². The number of fused-ring (bicyclic) bond motifs is 1. The molecule has 2 amide bonds. The van der Waals surface area contributed by atoms with Gasteiger partial charge in [0, 0.05) is 42.8 Å². The molecule has 0 aliphatic heterocycles. The van der Waals surface area contributed by atoms with Crippen molar-refractivity contribution in [1.82, 2.24) is 19.6 Å². The molecule has 0 aliphatic carbocycles. The number of nitrogens with one attached hydrogen (secondary N) is 2. The maximum atomic E-state index is 13.5. The molecule has 0 bridgehead atoms. The maximum Gasteiger partial charge on any atom is 0.264 e. The Hall–Kier alpha value is -4.41. The van der Waals surface area contributed by atoms with Crippen molar-refractivity contribution < 1.29 is 18.0 Å². The monoisotopic (exact) mass is 654 g/mol. The number of nitrogens with zero attached hydrogens (tertiary/aromatic N) is 2. The lowest BCUT2D eigenvalue weighted by molar-refractivity contribution is -0.117. The zero-order chi connectivity index (χ0) is 32.8. The summed E-state index contributed by atoms with van der Waals surface area (Å²) in [5.74, 6) is 0.651. The molecule has 2 N–H and O–H groups in total. The average molecular weight is 655 g/mol. The lowest BCUT2D eigenvalue weighted by Crippen LogP contribution is -2.37. The van der Waals surface area contributed by atoms with Crippen molar-refractivity contribution in [2.24, 2.45) is 0 Å². The van der Waals surface area contributed by atoms with Crippen LogP contribution in [0, 0.1) is 6.92 Å². The fraction of sp³-hybridized carbons (Fsp3) is 0.250. The SMILES string of the molecule is CCCc1nc2c(C)cc(C(=O)N[C@@H](CS)Cc3ccccc3)cc2n1Cc1ccc(-c2ccccc2S(=O)(=O)NC(C)=O)cc1. The molecular formula is C36H38N4O4S2. The van der Waals surface area contributed by atoms with E-state index in [1.807, 2.05) is 73.7 Å². The molecule has 0 saturated heterocycles. The Balaban J connectivity index is 1.44. The molecule has 0 fully saturated rings. The van der Waals surface area contributed by atoms with E-state index in [0.29, 0.717) is 35.4 Å². The van der Waals surface area contributed by atoms with Gasteiger partial charge in [-0.05, 0) is 60.2 Å². The number of aryl methyl sites for hydroxylation is 2. The van der Waals surface area contributed by atoms with Crippen molar-refractivity contribution in [3.8, 4) is 11.1 Å². The first kappa shape index (κ1) is 33.0. The smallest absolute Gasteiger partial charge is 0.264 e. The first-order valence-electron chi connectivity index (χ1n) is 15.3. The Morgan fingerprint density at radius 3 is 2.30 bits per heavy atom. The number of rotatable bonds is 12. The molecule has 238 valence electrons. The van der Waals surface area contributed by atoms with Gasteiger partial charge in [-0.2, -0.15) is 12.6 Å². The minimum absolute atomic E-state index is 0.0361. The molecule has 0 unspecified atom stereocenters. The molecule has 1 heterocycles. The highest BCUT2D eigenvalue weighted by molar-refractivity contribution is 7.90. The molecule has 5 rings (SSSR count). The standard InChI is InChI=1S/C36H38N4O4S2/c1-4-10-34-38-35-24(2)19-29(36(42)37-30(23-45)20-26-11-6-5-7-12-26)21-32(35)40(34)22-27-15-17-28(18-16-27)31-13-8-9-14-33(31)46(43,44)39-25(3)41/h5-9,11-19,21,30,45H,4,10,20,22-23H2,1-3H3,(H,37,42)(H,39,41)/t30-/m1/s1. The van der Waals surface area contributed by atoms with Gasteiger partial charge in [0.2, 0.25) is 5.91 Å². The number of hydrogen-bond donors (Lipinski definition) is 3. The van der Waals surface area contributed by atoms with E-state index in [1.165, 1.54) is 13.0 Å². The number of thiol groups is 1. The molecule has 10 heteroatoms. The van der Waals surface area contributed by atoms with E-state index in [2.05, 4.69) is 34.2 Å². The van der Waals surface area contributed by atoms with Crippen LogP contribution in [0.2, 0.25) is 0 Å². The molecule has 5 aromatic rings. The zero-order valence-electron chi connectivity index (χ0n) is 26.2. The Kier molecular flexibility index (Phi) is 10.3. The third kappa shape index (κ3) is 7.51. The van der Waals surface area contributed by atoms with Crippen LogP contribution in [-0.4, -0.2) is 41.6 Å². The number of imidazole rings is 1. The van der Waals surface area contributed by atoms with Crippen molar-refractivity contribution in [1.29, 1.82) is 0 Å². The Morgan fingerprint density at radius 1 is 0.935 bits per heavy atom. The van der Waals surface area contributed by atoms with E-state index in [0.717, 1.165) is 46.4 Å². The van der Waals surface area contributed by atoms with Crippen molar-refractivity contribution in [3.63, 3.8) is 0 Å². The lowest BCUT2D eigenvalue weighted by atomic mass is 10.0. The van der Waals surface area contributed by atoms with Gasteiger partial charge in [0.05, 0.1) is 15.9 Å². The van der Waals surface area contributed by atoms with Gasteiger partial charge in [0.15, 0.2) is 0 Å². The normalized spacial score (nSPS) is 12.2. The highest BCUT2D eigenvalue weighted by Crippen LogP contribution is 2.29. The molecule has 1 aromatic heterocycles. The summed E-state index contributed by atoms with van der Waals surface area (Å²) in [4.78, 5) is 30.0. The van der Waals surface area contributed by atoms with Crippen LogP contribution in [0.15, 0.2) is 95.9 Å². The number of sulfonamides is 1. The molecule has 46 heavy (non-hydrogen) atoms. The maximum absolute atomic E-state index is 13.5. The van der Waals surface area contributed by atoms with E-state index in [1.54, 1.807) is 18.2 Å². The predicted molar refractivity (Wildman–Crippen MR) is 186 cm³/mol. The topological polar surface area (TPSA) is 110 Å². The summed E-state index contributed by atoms with van der Waals surface area (Å²) in [6.45, 7) is 5.79. The van der Waals surface area contributed by atoms with Crippen LogP contribution in [0.25, 0.3) is 22.2 Å². The summed E-state index contributed by atoms with van der Waals surface area (Å²) in [5.41, 5.74) is 6.59. The highest BCUT2D eigenvalue weighted by Gasteiger charge is 2.21. The van der Waals surface area contributed by atoms with Gasteiger partial charge < -0.3 is 9.88 Å². The van der Waals surface area contributed by atoms with Crippen LogP contribution in [0.3, 0.4) is 0 Å². The van der Waals surface area contributed by atoms with Gasteiger partial charge in [-0.15, -0.1) is 0 Å². The van der Waals surface area contributed by atoms with Crippen molar-refractivity contribution >= 4 is 45.5 Å². The van der Waals surface area contributed by atoms with Gasteiger partial charge in [0.25, 0.3) is 15.9 Å². The van der Waals surface area contributed by atoms with Crippen LogP contribution in [-0.2, 0) is 34.2 Å². The summed E-state index contributed by atoms with van der Waals surface area (Å²) in [6.07, 6.45) is 2.38. The highest BCUT2D eigenvalue weighted by atomic mass is 32.2. The summed E-state index contributed by atoms with van der Waals surface area (Å²) in [6, 6.07) is 28.0. The molecule has 1 atom stereocenters. The molecular weight excluding hydrogens is 617 g/mol. The molecule has 4 aromatic carbocycles. The zero-order valence-corrected chi connectivity index (χ0v) is 27.9. The van der Waals surface area contributed by atoms with Gasteiger partial charge >= 0.3 is 0 Å². The Morgan fingerprint density at radius 2 is 1.63 bits per heavy atom. The fourth-order valence-electron chi connectivity index (χ4n) is 5.65. The Bertz CT molecular complexity index is 1970. The summed E-state index contributed by atoms with van der Waals surface area (Å²) < 4.78 is 29.9. The average Bonchev–Trinajstić information content (AvgIpc) is 3.38. The second kappa shape index (κ2) is 14.3. The Labute approximate surface area is 275 Å². The van der Waals surface area contributed by atoms with Crippen molar-refractivity contribution in [3.05, 3.63) is 119 Å². The minimum atomic E-state index is -4.02. The number of aromatic nitrogens is 2. The molecule has 0 aliphatic rings. The second-order valence-corrected chi connectivity index (χ2v) is 13.4. The second-order valence-electron chi connectivity index (χ2n) is 11.4. The number of benzene rings is 4. The largest absolute Gasteiger partial charge is 0.348 e. The van der Waals surface area contributed by atoms with E-state index >= 15 is 0 Å². The molecule has 0 spiro atoms. The van der Waals surface area contributed by atoms with Gasteiger partial charge in [-0.3, -0.25) is 9.59 Å².